The predicted octanol–water partition coefficient (Wildman–Crippen LogP) is 13.2. The predicted molar refractivity (Wildman–Crippen MR) is 296 cm³/mol. The molecule has 0 spiro atoms. The van der Waals surface area contributed by atoms with E-state index in [0.717, 1.165) is 83.5 Å². The van der Waals surface area contributed by atoms with Gasteiger partial charge in [0.05, 0.1) is 25.4 Å². The first-order valence-corrected chi connectivity index (χ1v) is 29.2. The third-order valence-corrected chi connectivity index (χ3v) is 13.3. The Morgan fingerprint density at radius 1 is 0.542 bits per heavy atom. The van der Waals surface area contributed by atoms with Crippen molar-refractivity contribution in [2.45, 2.75) is 288 Å². The maximum absolute atomic E-state index is 13.4. The fourth-order valence-corrected chi connectivity index (χ4v) is 8.64. The van der Waals surface area contributed by atoms with Crippen LogP contribution in [-0.2, 0) is 23.8 Å². The zero-order valence-corrected chi connectivity index (χ0v) is 45.8. The van der Waals surface area contributed by atoms with Gasteiger partial charge in [0, 0.05) is 6.42 Å². The number of amides is 1. The van der Waals surface area contributed by atoms with Crippen molar-refractivity contribution in [3.05, 3.63) is 72.9 Å². The molecule has 1 amide bonds. The number of allylic oxidation sites excluding steroid dienone is 11. The molecule has 11 nitrogen and oxygen atoms in total. The van der Waals surface area contributed by atoms with Crippen molar-refractivity contribution in [3.63, 3.8) is 0 Å². The van der Waals surface area contributed by atoms with Gasteiger partial charge in [-0.25, -0.2) is 0 Å². The van der Waals surface area contributed by atoms with E-state index in [1.165, 1.54) is 109 Å². The molecule has 6 N–H and O–H groups in total. The molecular weight excluding hydrogens is 907 g/mol. The molecule has 0 radical (unpaired) electrons. The number of rotatable bonds is 48. The Balaban J connectivity index is 2.78. The third-order valence-electron chi connectivity index (χ3n) is 13.3. The highest BCUT2D eigenvalue weighted by molar-refractivity contribution is 5.80. The van der Waals surface area contributed by atoms with E-state index in [1.807, 2.05) is 18.2 Å². The number of hydrogen-bond donors (Lipinski definition) is 6. The second kappa shape index (κ2) is 49.0. The van der Waals surface area contributed by atoms with Crippen molar-refractivity contribution in [2.24, 2.45) is 0 Å². The van der Waals surface area contributed by atoms with Crippen LogP contribution in [-0.4, -0.2) is 99.6 Å². The fraction of sp³-hybridized carbons (Fsp3) is 0.770. The number of hydrogen-bond acceptors (Lipinski definition) is 10. The van der Waals surface area contributed by atoms with Crippen LogP contribution in [0.4, 0.5) is 0 Å². The maximum atomic E-state index is 13.4. The molecule has 0 aromatic carbocycles. The number of nitrogens with one attached hydrogen (secondary N) is 1. The highest BCUT2D eigenvalue weighted by Crippen LogP contribution is 2.26. The number of carbonyl (C=O) groups is 2. The summed E-state index contributed by atoms with van der Waals surface area (Å²) in [5.41, 5.74) is 0. The Morgan fingerprint density at radius 3 is 1.49 bits per heavy atom. The summed E-state index contributed by atoms with van der Waals surface area (Å²) in [6.07, 6.45) is 50.9. The number of unbranched alkanes of at least 4 members (excludes halogenated alkanes) is 24. The average molecular weight is 1010 g/mol. The van der Waals surface area contributed by atoms with E-state index in [1.54, 1.807) is 6.08 Å². The quantitative estimate of drug-likeness (QED) is 0.0195. The smallest absolute Gasteiger partial charge is 0.306 e. The van der Waals surface area contributed by atoms with Gasteiger partial charge in [0.15, 0.2) is 12.4 Å². The molecule has 0 saturated carbocycles. The van der Waals surface area contributed by atoms with Gasteiger partial charge in [-0.05, 0) is 89.9 Å². The Bertz CT molecular complexity index is 1440. The molecule has 0 aromatic rings. The van der Waals surface area contributed by atoms with Crippen LogP contribution in [0.3, 0.4) is 0 Å². The van der Waals surface area contributed by atoms with Gasteiger partial charge in [0.2, 0.25) is 5.91 Å². The van der Waals surface area contributed by atoms with Gasteiger partial charge >= 0.3 is 5.97 Å². The SMILES string of the molecule is CCCCC/C=C\C/C=C\C/C=C\C/C=C\CCC(O)C(=O)NC(COC1OC(CO)C(O)C(O)C1OC(=O)CCCCCCCCC/C=C\CCCCCC)C(O)/C=C/CCCCCCCCCCCC. The van der Waals surface area contributed by atoms with Gasteiger partial charge in [0.1, 0.15) is 24.4 Å². The standard InChI is InChI=1S/C61H107NO10/c1-4-7-10-13-16-19-22-25-27-29-30-33-36-39-42-45-48-54(65)60(69)62-52(53(64)47-44-41-38-35-32-24-21-18-15-12-9-6-3)51-70-61-59(58(68)57(67)55(50-63)71-61)72-56(66)49-46-43-40-37-34-31-28-26-23-20-17-14-11-8-5-2/h16,19-20,23,25,27,30,33,39,42,44,47,52-55,57-59,61,63-65,67-68H,4-15,17-18,21-22,24,26,28-29,31-32,34-38,40-41,43,45-46,48-51H2,1-3H3,(H,62,69)/b19-16-,23-20-,27-25-,33-30-,42-39-,47-44+. The van der Waals surface area contributed by atoms with Gasteiger partial charge in [-0.1, -0.05) is 216 Å². The minimum atomic E-state index is -1.63. The lowest BCUT2D eigenvalue weighted by molar-refractivity contribution is -0.305. The second-order valence-electron chi connectivity index (χ2n) is 20.0. The summed E-state index contributed by atoms with van der Waals surface area (Å²) < 4.78 is 17.5. The third kappa shape index (κ3) is 36.9. The molecule has 0 bridgehead atoms. The molecule has 416 valence electrons. The van der Waals surface area contributed by atoms with Crippen LogP contribution in [0.1, 0.15) is 239 Å². The Labute approximate surface area is 439 Å². The minimum Gasteiger partial charge on any atom is -0.454 e. The molecule has 1 saturated heterocycles. The van der Waals surface area contributed by atoms with E-state index in [2.05, 4.69) is 74.7 Å². The van der Waals surface area contributed by atoms with Crippen LogP contribution < -0.4 is 5.32 Å². The van der Waals surface area contributed by atoms with E-state index in [0.29, 0.717) is 12.8 Å². The first-order valence-electron chi connectivity index (χ1n) is 29.2. The largest absolute Gasteiger partial charge is 0.454 e. The molecule has 8 unspecified atom stereocenters. The monoisotopic (exact) mass is 1010 g/mol. The van der Waals surface area contributed by atoms with E-state index in [-0.39, 0.29) is 19.4 Å². The molecule has 1 fully saturated rings. The lowest BCUT2D eigenvalue weighted by Crippen LogP contribution is -2.61. The van der Waals surface area contributed by atoms with Crippen molar-refractivity contribution in [1.82, 2.24) is 5.32 Å². The van der Waals surface area contributed by atoms with Crippen molar-refractivity contribution in [3.8, 4) is 0 Å². The van der Waals surface area contributed by atoms with E-state index in [9.17, 15) is 35.1 Å². The van der Waals surface area contributed by atoms with Crippen molar-refractivity contribution in [2.75, 3.05) is 13.2 Å². The van der Waals surface area contributed by atoms with Crippen LogP contribution >= 0.6 is 0 Å². The topological polar surface area (TPSA) is 175 Å². The number of aliphatic hydroxyl groups is 5. The van der Waals surface area contributed by atoms with Gasteiger partial charge in [-0.2, -0.15) is 0 Å². The zero-order chi connectivity index (χ0) is 52.5. The molecule has 1 heterocycles. The van der Waals surface area contributed by atoms with Gasteiger partial charge in [-0.15, -0.1) is 0 Å². The second-order valence-corrected chi connectivity index (χ2v) is 20.0. The molecule has 0 aliphatic carbocycles. The summed E-state index contributed by atoms with van der Waals surface area (Å²) in [7, 11) is 0. The van der Waals surface area contributed by atoms with Crippen LogP contribution in [0, 0.1) is 0 Å². The molecule has 11 heteroatoms. The molecule has 0 aromatic heterocycles. The van der Waals surface area contributed by atoms with E-state index >= 15 is 0 Å². The van der Waals surface area contributed by atoms with E-state index < -0.39 is 67.4 Å². The Hall–Kier alpha value is -2.90. The number of ether oxygens (including phenoxy) is 3. The van der Waals surface area contributed by atoms with Crippen LogP contribution in [0.2, 0.25) is 0 Å². The minimum absolute atomic E-state index is 0.110. The van der Waals surface area contributed by atoms with Crippen LogP contribution in [0.5, 0.6) is 0 Å². The van der Waals surface area contributed by atoms with Gasteiger partial charge in [-0.3, -0.25) is 9.59 Å². The summed E-state index contributed by atoms with van der Waals surface area (Å²) in [5.74, 6) is -1.26. The van der Waals surface area contributed by atoms with Gasteiger partial charge in [0.25, 0.3) is 0 Å². The van der Waals surface area contributed by atoms with Crippen LogP contribution in [0.15, 0.2) is 72.9 Å². The maximum Gasteiger partial charge on any atom is 0.306 e. The molecule has 1 rings (SSSR count). The number of carbonyl (C=O) groups excluding carboxylic acids is 2. The first-order chi connectivity index (χ1) is 35.2. The lowest BCUT2D eigenvalue weighted by Gasteiger charge is -2.41. The number of esters is 1. The molecule has 8 atom stereocenters. The Morgan fingerprint density at radius 2 is 0.958 bits per heavy atom. The highest BCUT2D eigenvalue weighted by Gasteiger charge is 2.47. The molecule has 72 heavy (non-hydrogen) atoms. The molecule has 1 aliphatic heterocycles. The summed E-state index contributed by atoms with van der Waals surface area (Å²) in [5, 5.41) is 56.7. The molecular formula is C61H107NO10. The fourth-order valence-electron chi connectivity index (χ4n) is 8.64. The zero-order valence-electron chi connectivity index (χ0n) is 45.8. The lowest BCUT2D eigenvalue weighted by atomic mass is 9.99. The summed E-state index contributed by atoms with van der Waals surface area (Å²) in [6.45, 7) is 5.69. The number of aliphatic hydroxyl groups excluding tert-OH is 5. The normalized spacial score (nSPS) is 20.0. The first kappa shape index (κ1) is 67.1. The summed E-state index contributed by atoms with van der Waals surface area (Å²) in [6, 6.07) is -1.05. The van der Waals surface area contributed by atoms with Gasteiger partial charge < -0.3 is 45.1 Å². The van der Waals surface area contributed by atoms with Crippen LogP contribution in [0.25, 0.3) is 0 Å². The summed E-state index contributed by atoms with van der Waals surface area (Å²) >= 11 is 0. The van der Waals surface area contributed by atoms with Crippen molar-refractivity contribution < 1.29 is 49.3 Å². The summed E-state index contributed by atoms with van der Waals surface area (Å²) in [4.78, 5) is 26.4. The van der Waals surface area contributed by atoms with E-state index in [4.69, 9.17) is 14.2 Å². The highest BCUT2D eigenvalue weighted by atomic mass is 16.7. The average Bonchev–Trinajstić information content (AvgIpc) is 3.38. The van der Waals surface area contributed by atoms with Crippen molar-refractivity contribution in [1.29, 1.82) is 0 Å². The Kier molecular flexibility index (Phi) is 45.7. The molecule has 1 aliphatic rings. The van der Waals surface area contributed by atoms with Crippen molar-refractivity contribution >= 4 is 11.9 Å².